The predicted molar refractivity (Wildman–Crippen MR) is 142 cm³/mol. The van der Waals surface area contributed by atoms with Gasteiger partial charge in [-0.25, -0.2) is 8.42 Å². The molecule has 4 aromatic rings. The highest BCUT2D eigenvalue weighted by atomic mass is 32.2. The number of rotatable bonds is 6. The lowest BCUT2D eigenvalue weighted by Gasteiger charge is -2.35. The van der Waals surface area contributed by atoms with Crippen molar-refractivity contribution in [3.8, 4) is 5.75 Å². The number of alkyl halides is 3. The minimum Gasteiger partial charge on any atom is -0.404 e. The molecular formula is C27H22F3N5O5S. The highest BCUT2D eigenvalue weighted by Gasteiger charge is 2.34. The van der Waals surface area contributed by atoms with Gasteiger partial charge in [-0.15, -0.1) is 13.2 Å². The number of nitrogens with zero attached hydrogens (tertiary/aromatic N) is 4. The third-order valence-electron chi connectivity index (χ3n) is 6.37. The number of fused-ring (bicyclic) bond motifs is 1. The maximum Gasteiger partial charge on any atom is 0.573 e. The van der Waals surface area contributed by atoms with Crippen molar-refractivity contribution in [3.05, 3.63) is 90.4 Å². The van der Waals surface area contributed by atoms with E-state index < -0.39 is 33.7 Å². The number of aromatic nitrogens is 2. The maximum atomic E-state index is 13.3. The van der Waals surface area contributed by atoms with Crippen molar-refractivity contribution in [3.63, 3.8) is 0 Å². The largest absolute Gasteiger partial charge is 0.573 e. The van der Waals surface area contributed by atoms with Crippen molar-refractivity contribution in [2.75, 3.05) is 30.9 Å². The number of benzene rings is 2. The van der Waals surface area contributed by atoms with Crippen molar-refractivity contribution in [1.29, 1.82) is 0 Å². The SMILES string of the molecule is O=C(c1ccncc1)N1CCN(C(=O)c2ccc(NS(=O)(=O)c3cccc4cccnc34)c(OC(F)(F)F)c2)CC1. The Hall–Kier alpha value is -4.72. The number of sulfonamides is 1. The van der Waals surface area contributed by atoms with E-state index in [0.717, 1.165) is 12.1 Å². The molecule has 1 aliphatic heterocycles. The smallest absolute Gasteiger partial charge is 0.404 e. The second-order valence-electron chi connectivity index (χ2n) is 9.02. The summed E-state index contributed by atoms with van der Waals surface area (Å²) in [7, 11) is -4.41. The zero-order chi connectivity index (χ0) is 29.2. The van der Waals surface area contributed by atoms with Crippen LogP contribution in [0.25, 0.3) is 10.9 Å². The van der Waals surface area contributed by atoms with E-state index in [2.05, 4.69) is 19.4 Å². The Kier molecular flexibility index (Phi) is 7.49. The molecular weight excluding hydrogens is 563 g/mol. The second kappa shape index (κ2) is 11.0. The minimum atomic E-state index is -5.16. The molecule has 0 spiro atoms. The van der Waals surface area contributed by atoms with Gasteiger partial charge in [-0.2, -0.15) is 0 Å². The van der Waals surface area contributed by atoms with E-state index in [-0.39, 0.29) is 48.1 Å². The Morgan fingerprint density at radius 1 is 0.829 bits per heavy atom. The normalized spacial score (nSPS) is 14.1. The van der Waals surface area contributed by atoms with Gasteiger partial charge in [0.05, 0.1) is 11.2 Å². The molecule has 212 valence electrons. The number of piperazine rings is 1. The van der Waals surface area contributed by atoms with Gasteiger partial charge >= 0.3 is 6.36 Å². The van der Waals surface area contributed by atoms with E-state index in [0.29, 0.717) is 10.9 Å². The third-order valence-corrected chi connectivity index (χ3v) is 7.76. The van der Waals surface area contributed by atoms with Crippen molar-refractivity contribution in [2.24, 2.45) is 0 Å². The molecule has 0 bridgehead atoms. The average Bonchev–Trinajstić information content (AvgIpc) is 2.96. The first kappa shape index (κ1) is 27.8. The highest BCUT2D eigenvalue weighted by Crippen LogP contribution is 2.34. The Balaban J connectivity index is 1.36. The van der Waals surface area contributed by atoms with Crippen LogP contribution in [-0.2, 0) is 10.0 Å². The summed E-state index contributed by atoms with van der Waals surface area (Å²) in [5.41, 5.74) is -0.0762. The van der Waals surface area contributed by atoms with Crippen molar-refractivity contribution >= 4 is 38.4 Å². The first-order valence-electron chi connectivity index (χ1n) is 12.3. The molecule has 14 heteroatoms. The first-order chi connectivity index (χ1) is 19.5. The first-order valence-corrected chi connectivity index (χ1v) is 13.7. The number of para-hydroxylation sites is 1. The van der Waals surface area contributed by atoms with Crippen molar-refractivity contribution < 1.29 is 35.9 Å². The van der Waals surface area contributed by atoms with Gasteiger partial charge in [-0.05, 0) is 42.5 Å². The summed E-state index contributed by atoms with van der Waals surface area (Å²) in [5.74, 6) is -1.72. The topological polar surface area (TPSA) is 122 Å². The lowest BCUT2D eigenvalue weighted by molar-refractivity contribution is -0.274. The Morgan fingerprint density at radius 3 is 2.12 bits per heavy atom. The van der Waals surface area contributed by atoms with Crippen LogP contribution in [0.4, 0.5) is 18.9 Å². The second-order valence-corrected chi connectivity index (χ2v) is 10.7. The van der Waals surface area contributed by atoms with Gasteiger partial charge in [-0.1, -0.05) is 18.2 Å². The summed E-state index contributed by atoms with van der Waals surface area (Å²) in [6, 6.07) is 13.9. The third kappa shape index (κ3) is 6.22. The molecule has 41 heavy (non-hydrogen) atoms. The molecule has 1 saturated heterocycles. The molecule has 2 amide bonds. The molecule has 1 aliphatic rings. The summed E-state index contributed by atoms with van der Waals surface area (Å²) >= 11 is 0. The summed E-state index contributed by atoms with van der Waals surface area (Å²) in [5, 5.41) is 0.519. The zero-order valence-electron chi connectivity index (χ0n) is 21.2. The fraction of sp³-hybridized carbons (Fsp3) is 0.185. The number of pyridine rings is 2. The fourth-order valence-electron chi connectivity index (χ4n) is 4.41. The number of hydrogen-bond acceptors (Lipinski definition) is 7. The Morgan fingerprint density at radius 2 is 1.46 bits per heavy atom. The van der Waals surface area contributed by atoms with E-state index >= 15 is 0 Å². The van der Waals surface area contributed by atoms with Crippen LogP contribution in [-0.4, -0.2) is 72.5 Å². The van der Waals surface area contributed by atoms with Gasteiger partial charge < -0.3 is 14.5 Å². The number of halogens is 3. The molecule has 3 heterocycles. The molecule has 1 fully saturated rings. The van der Waals surface area contributed by atoms with Gasteiger partial charge in [0.2, 0.25) is 0 Å². The van der Waals surface area contributed by atoms with Crippen LogP contribution in [0.15, 0.2) is 84.1 Å². The van der Waals surface area contributed by atoms with Crippen LogP contribution in [0.3, 0.4) is 0 Å². The molecule has 0 saturated carbocycles. The summed E-state index contributed by atoms with van der Waals surface area (Å²) in [6.45, 7) is 0.729. The number of carbonyl (C=O) groups excluding carboxylic acids is 2. The molecule has 0 radical (unpaired) electrons. The molecule has 2 aromatic carbocycles. The monoisotopic (exact) mass is 585 g/mol. The predicted octanol–water partition coefficient (Wildman–Crippen LogP) is 3.93. The fourth-order valence-corrected chi connectivity index (χ4v) is 5.66. The molecule has 2 aromatic heterocycles. The average molecular weight is 586 g/mol. The van der Waals surface area contributed by atoms with E-state index in [1.165, 1.54) is 41.7 Å². The zero-order valence-corrected chi connectivity index (χ0v) is 22.0. The number of anilines is 1. The van der Waals surface area contributed by atoms with Gasteiger partial charge in [0.25, 0.3) is 21.8 Å². The van der Waals surface area contributed by atoms with Crippen molar-refractivity contribution in [2.45, 2.75) is 11.3 Å². The Labute approximate surface area is 232 Å². The van der Waals surface area contributed by atoms with Crippen LogP contribution in [0.5, 0.6) is 5.75 Å². The van der Waals surface area contributed by atoms with Crippen molar-refractivity contribution in [1.82, 2.24) is 19.8 Å². The molecule has 0 atom stereocenters. The molecule has 10 nitrogen and oxygen atoms in total. The van der Waals surface area contributed by atoms with Crippen LogP contribution >= 0.6 is 0 Å². The lowest BCUT2D eigenvalue weighted by Crippen LogP contribution is -2.50. The number of ether oxygens (including phenoxy) is 1. The molecule has 5 rings (SSSR count). The lowest BCUT2D eigenvalue weighted by atomic mass is 10.1. The molecule has 0 aliphatic carbocycles. The maximum absolute atomic E-state index is 13.3. The van der Waals surface area contributed by atoms with Crippen LogP contribution in [0, 0.1) is 0 Å². The standard InChI is InChI=1S/C27H22F3N5O5S/c28-27(29,30)40-22-17-20(26(37)35-15-13-34(14-16-35)25(36)19-8-11-31-12-9-19)6-7-21(22)33-41(38,39)23-5-1-3-18-4-2-10-32-24(18)23/h1-12,17,33H,13-16H2. The van der Waals surface area contributed by atoms with E-state index in [1.807, 2.05) is 0 Å². The van der Waals surface area contributed by atoms with Crippen LogP contribution in [0.2, 0.25) is 0 Å². The van der Waals surface area contributed by atoms with Crippen LogP contribution in [0.1, 0.15) is 20.7 Å². The van der Waals surface area contributed by atoms with Crippen LogP contribution < -0.4 is 9.46 Å². The van der Waals surface area contributed by atoms with E-state index in [4.69, 9.17) is 0 Å². The quantitative estimate of drug-likeness (QED) is 0.364. The van der Waals surface area contributed by atoms with Gasteiger partial charge in [0, 0.05) is 61.3 Å². The van der Waals surface area contributed by atoms with Gasteiger partial charge in [0.15, 0.2) is 5.75 Å². The van der Waals surface area contributed by atoms with Gasteiger partial charge in [0.1, 0.15) is 4.90 Å². The summed E-state index contributed by atoms with van der Waals surface area (Å²) in [6.07, 6.45) is -0.775. The summed E-state index contributed by atoms with van der Waals surface area (Å²) in [4.78, 5) is 36.5. The number of carbonyl (C=O) groups is 2. The van der Waals surface area contributed by atoms with E-state index in [9.17, 15) is 31.2 Å². The van der Waals surface area contributed by atoms with E-state index in [1.54, 1.807) is 35.2 Å². The minimum absolute atomic E-state index is 0.133. The number of nitrogens with one attached hydrogen (secondary N) is 1. The Bertz CT molecular complexity index is 1700. The summed E-state index contributed by atoms with van der Waals surface area (Å²) < 4.78 is 72.5. The highest BCUT2D eigenvalue weighted by molar-refractivity contribution is 7.93. The molecule has 1 N–H and O–H groups in total. The molecule has 0 unspecified atom stereocenters. The number of hydrogen-bond donors (Lipinski definition) is 1. The van der Waals surface area contributed by atoms with Gasteiger partial charge in [-0.3, -0.25) is 24.3 Å². The number of amides is 2.